The van der Waals surface area contributed by atoms with Crippen LogP contribution in [0.15, 0.2) is 35.5 Å². The molecule has 2 N–H and O–H groups in total. The Hall–Kier alpha value is -2.45. The lowest BCUT2D eigenvalue weighted by molar-refractivity contribution is -0.275. The number of primary amides is 1. The number of amidine groups is 1. The van der Waals surface area contributed by atoms with Gasteiger partial charge in [0.1, 0.15) is 5.84 Å². The zero-order valence-electron chi connectivity index (χ0n) is 15.7. The first kappa shape index (κ1) is 20.8. The van der Waals surface area contributed by atoms with Gasteiger partial charge in [0.05, 0.1) is 6.42 Å². The molecule has 4 rings (SSSR count). The fraction of sp³-hybridized carbons (Fsp3) is 0.300. The minimum Gasteiger partial charge on any atom is -0.372 e. The zero-order valence-corrected chi connectivity index (χ0v) is 17.2. The molecular weight excluding hydrogens is 442 g/mol. The molecule has 10 heteroatoms. The highest BCUT2D eigenvalue weighted by atomic mass is 35.5. The Morgan fingerprint density at radius 2 is 1.73 bits per heavy atom. The number of aryl methyl sites for hydroxylation is 1. The number of halogens is 5. The van der Waals surface area contributed by atoms with E-state index in [1.54, 1.807) is 17.9 Å². The normalized spacial score (nSPS) is 20.7. The molecule has 2 aliphatic heterocycles. The second kappa shape index (κ2) is 7.06. The maximum absolute atomic E-state index is 14.1. The summed E-state index contributed by atoms with van der Waals surface area (Å²) < 4.78 is 42.4. The van der Waals surface area contributed by atoms with Crippen LogP contribution in [-0.4, -0.2) is 22.8 Å². The van der Waals surface area contributed by atoms with Crippen molar-refractivity contribution in [3.63, 3.8) is 0 Å². The van der Waals surface area contributed by atoms with Crippen LogP contribution in [-0.2, 0) is 23.5 Å². The topological polar surface area (TPSA) is 67.9 Å². The molecule has 1 unspecified atom stereocenters. The molecule has 0 aromatic heterocycles. The molecule has 2 aliphatic rings. The second-order valence-electron chi connectivity index (χ2n) is 7.41. The number of rotatable bonds is 2. The van der Waals surface area contributed by atoms with Crippen LogP contribution in [0.5, 0.6) is 0 Å². The summed E-state index contributed by atoms with van der Waals surface area (Å²) in [4.78, 5) is 18.3. The SMILES string of the molecule is Cc1cc2c(cc1C(N)=O)CN(C1=NOC(c3cc(Cl)cc(Cl)c3)(C(F)(F)F)C1)C2. The molecule has 2 aromatic rings. The van der Waals surface area contributed by atoms with Gasteiger partial charge in [-0.05, 0) is 47.9 Å². The van der Waals surface area contributed by atoms with Crippen LogP contribution in [0.1, 0.15) is 39.0 Å². The average Bonchev–Trinajstić information content (AvgIpc) is 3.24. The van der Waals surface area contributed by atoms with E-state index in [9.17, 15) is 18.0 Å². The molecule has 0 spiro atoms. The van der Waals surface area contributed by atoms with Crippen LogP contribution in [0.25, 0.3) is 0 Å². The van der Waals surface area contributed by atoms with Gasteiger partial charge in [0.25, 0.3) is 5.60 Å². The van der Waals surface area contributed by atoms with Crippen molar-refractivity contribution >= 4 is 34.9 Å². The lowest BCUT2D eigenvalue weighted by Crippen LogP contribution is -2.43. The third-order valence-corrected chi connectivity index (χ3v) is 5.84. The first-order valence-electron chi connectivity index (χ1n) is 8.96. The van der Waals surface area contributed by atoms with Crippen molar-refractivity contribution in [3.05, 3.63) is 68.2 Å². The van der Waals surface area contributed by atoms with E-state index in [1.165, 1.54) is 18.2 Å². The maximum Gasteiger partial charge on any atom is 0.435 e. The number of nitrogens with two attached hydrogens (primary N) is 1. The quantitative estimate of drug-likeness (QED) is 0.696. The van der Waals surface area contributed by atoms with Crippen molar-refractivity contribution in [3.8, 4) is 0 Å². The second-order valence-corrected chi connectivity index (χ2v) is 8.29. The van der Waals surface area contributed by atoms with Gasteiger partial charge in [0, 0.05) is 34.3 Å². The summed E-state index contributed by atoms with van der Waals surface area (Å²) in [6, 6.07) is 7.21. The highest BCUT2D eigenvalue weighted by Gasteiger charge is 2.63. The van der Waals surface area contributed by atoms with Crippen LogP contribution >= 0.6 is 23.2 Å². The minimum atomic E-state index is -4.76. The summed E-state index contributed by atoms with van der Waals surface area (Å²) in [5, 5.41) is 3.92. The molecule has 30 heavy (non-hydrogen) atoms. The Balaban J connectivity index is 1.64. The average molecular weight is 458 g/mol. The number of nitrogens with zero attached hydrogens (tertiary/aromatic N) is 2. The molecule has 1 atom stereocenters. The largest absolute Gasteiger partial charge is 0.435 e. The van der Waals surface area contributed by atoms with Crippen molar-refractivity contribution in [2.75, 3.05) is 0 Å². The van der Waals surface area contributed by atoms with Gasteiger partial charge < -0.3 is 15.5 Å². The van der Waals surface area contributed by atoms with E-state index in [4.69, 9.17) is 33.8 Å². The number of benzene rings is 2. The third-order valence-electron chi connectivity index (χ3n) is 5.40. The van der Waals surface area contributed by atoms with Gasteiger partial charge in [-0.25, -0.2) is 0 Å². The summed E-state index contributed by atoms with van der Waals surface area (Å²) in [7, 11) is 0. The molecule has 0 saturated heterocycles. The van der Waals surface area contributed by atoms with Crippen molar-refractivity contribution in [1.82, 2.24) is 4.90 Å². The molecular formula is C20H16Cl2F3N3O2. The number of oxime groups is 1. The third kappa shape index (κ3) is 3.37. The fourth-order valence-corrected chi connectivity index (χ4v) is 4.39. The predicted octanol–water partition coefficient (Wildman–Crippen LogP) is 4.91. The number of hydrogen-bond donors (Lipinski definition) is 1. The molecule has 0 bridgehead atoms. The minimum absolute atomic E-state index is 0.0706. The zero-order chi connectivity index (χ0) is 21.8. The van der Waals surface area contributed by atoms with Crippen LogP contribution < -0.4 is 5.73 Å². The molecule has 0 fully saturated rings. The lowest BCUT2D eigenvalue weighted by atomic mass is 9.89. The molecule has 0 aliphatic carbocycles. The van der Waals surface area contributed by atoms with E-state index >= 15 is 0 Å². The Bertz CT molecular complexity index is 1070. The van der Waals surface area contributed by atoms with E-state index in [1.807, 2.05) is 6.07 Å². The molecule has 2 heterocycles. The van der Waals surface area contributed by atoms with Crippen LogP contribution in [0.2, 0.25) is 10.0 Å². The van der Waals surface area contributed by atoms with Crippen LogP contribution in [0.4, 0.5) is 13.2 Å². The van der Waals surface area contributed by atoms with Gasteiger partial charge in [-0.15, -0.1) is 0 Å². The van der Waals surface area contributed by atoms with E-state index in [-0.39, 0.29) is 21.4 Å². The summed E-state index contributed by atoms with van der Waals surface area (Å²) in [5.74, 6) is -0.401. The van der Waals surface area contributed by atoms with Crippen molar-refractivity contribution in [2.24, 2.45) is 10.9 Å². The predicted molar refractivity (Wildman–Crippen MR) is 106 cm³/mol. The Morgan fingerprint density at radius 1 is 1.13 bits per heavy atom. The summed E-state index contributed by atoms with van der Waals surface area (Å²) in [5.41, 5.74) is 5.31. The summed E-state index contributed by atoms with van der Waals surface area (Å²) >= 11 is 11.9. The van der Waals surface area contributed by atoms with E-state index in [0.717, 1.165) is 11.1 Å². The number of alkyl halides is 3. The maximum atomic E-state index is 14.1. The van der Waals surface area contributed by atoms with Crippen molar-refractivity contribution in [1.29, 1.82) is 0 Å². The van der Waals surface area contributed by atoms with Crippen LogP contribution in [0.3, 0.4) is 0 Å². The summed E-state index contributed by atoms with van der Waals surface area (Å²) in [6.07, 6.45) is -5.28. The van der Waals surface area contributed by atoms with Crippen molar-refractivity contribution < 1.29 is 22.8 Å². The highest BCUT2D eigenvalue weighted by molar-refractivity contribution is 6.34. The van der Waals surface area contributed by atoms with Gasteiger partial charge in [0.15, 0.2) is 0 Å². The first-order valence-corrected chi connectivity index (χ1v) is 9.71. The number of hydrogen-bond acceptors (Lipinski definition) is 4. The van der Waals surface area contributed by atoms with Gasteiger partial charge in [-0.1, -0.05) is 34.4 Å². The Labute approximate surface area is 180 Å². The number of carbonyl (C=O) groups is 1. The standard InChI is InChI=1S/C20H16Cl2F3N3O2/c1-10-2-11-8-28(9-12(11)3-16(10)18(26)29)17-7-19(30-27-17,20(23,24)25)13-4-14(21)6-15(22)5-13/h2-6H,7-9H2,1H3,(H2,26,29). The van der Waals surface area contributed by atoms with E-state index < -0.39 is 24.1 Å². The van der Waals surface area contributed by atoms with Crippen molar-refractivity contribution in [2.45, 2.75) is 38.2 Å². The molecule has 5 nitrogen and oxygen atoms in total. The highest BCUT2D eigenvalue weighted by Crippen LogP contribution is 2.49. The van der Waals surface area contributed by atoms with Gasteiger partial charge >= 0.3 is 6.18 Å². The molecule has 2 aromatic carbocycles. The molecule has 1 amide bonds. The lowest BCUT2D eigenvalue weighted by Gasteiger charge is -2.30. The van der Waals surface area contributed by atoms with E-state index in [2.05, 4.69) is 5.16 Å². The monoisotopic (exact) mass is 457 g/mol. The number of carbonyl (C=O) groups excluding carboxylic acids is 1. The van der Waals surface area contributed by atoms with Gasteiger partial charge in [0.2, 0.25) is 5.91 Å². The smallest absolute Gasteiger partial charge is 0.372 e. The van der Waals surface area contributed by atoms with Crippen LogP contribution in [0, 0.1) is 6.92 Å². The molecule has 0 radical (unpaired) electrons. The molecule has 0 saturated carbocycles. The number of amides is 1. The summed E-state index contributed by atoms with van der Waals surface area (Å²) in [6.45, 7) is 2.40. The van der Waals surface area contributed by atoms with Gasteiger partial charge in [-0.2, -0.15) is 13.2 Å². The first-order chi connectivity index (χ1) is 14.0. The fourth-order valence-electron chi connectivity index (χ4n) is 3.87. The van der Waals surface area contributed by atoms with Gasteiger partial charge in [-0.3, -0.25) is 4.79 Å². The van der Waals surface area contributed by atoms with E-state index in [0.29, 0.717) is 24.2 Å². The molecule has 158 valence electrons. The Morgan fingerprint density at radius 3 is 2.30 bits per heavy atom. The number of fused-ring (bicyclic) bond motifs is 1. The Kier molecular flexibility index (Phi) is 4.90.